The molecule has 1 aromatic rings. The fourth-order valence-electron chi connectivity index (χ4n) is 1.86. The lowest BCUT2D eigenvalue weighted by atomic mass is 10.1. The van der Waals surface area contributed by atoms with Gasteiger partial charge in [-0.3, -0.25) is 0 Å². The molecule has 1 nitrogen and oxygen atoms in total. The smallest absolute Gasteiger partial charge is 0.0494 e. The van der Waals surface area contributed by atoms with Crippen LogP contribution in [0.4, 0.5) is 5.69 Å². The summed E-state index contributed by atoms with van der Waals surface area (Å²) in [6, 6.07) is 6.84. The van der Waals surface area contributed by atoms with Crippen molar-refractivity contribution in [3.63, 3.8) is 0 Å². The minimum atomic E-state index is 0.543. The van der Waals surface area contributed by atoms with Gasteiger partial charge in [-0.05, 0) is 38.0 Å². The van der Waals surface area contributed by atoms with Crippen LogP contribution in [0.5, 0.6) is 0 Å². The van der Waals surface area contributed by atoms with Crippen molar-refractivity contribution < 1.29 is 0 Å². The molecule has 90 valence electrons. The molecule has 0 radical (unpaired) electrons. The molecule has 0 aliphatic heterocycles. The van der Waals surface area contributed by atoms with Gasteiger partial charge in [0.1, 0.15) is 0 Å². The highest BCUT2D eigenvalue weighted by Crippen LogP contribution is 2.28. The van der Waals surface area contributed by atoms with Gasteiger partial charge in [0.05, 0.1) is 0 Å². The molecule has 3 heteroatoms. The second-order valence-electron chi connectivity index (χ2n) is 3.95. The zero-order valence-electron chi connectivity index (χ0n) is 10.1. The summed E-state index contributed by atoms with van der Waals surface area (Å²) in [5.41, 5.74) is 2.45. The van der Waals surface area contributed by atoms with E-state index in [1.807, 2.05) is 6.07 Å². The minimum Gasteiger partial charge on any atom is -0.369 e. The van der Waals surface area contributed by atoms with Crippen LogP contribution in [0.25, 0.3) is 0 Å². The Balaban J connectivity index is 3.11. The lowest BCUT2D eigenvalue weighted by molar-refractivity contribution is 0.628. The first kappa shape index (κ1) is 13.9. The summed E-state index contributed by atoms with van der Waals surface area (Å²) in [5.74, 6) is 0.565. The Hall–Kier alpha value is -0.210. The van der Waals surface area contributed by atoms with E-state index in [2.05, 4.69) is 53.7 Å². The second kappa shape index (κ2) is 6.51. The summed E-state index contributed by atoms with van der Waals surface area (Å²) < 4.78 is 1.11. The zero-order chi connectivity index (χ0) is 12.1. The van der Waals surface area contributed by atoms with Crippen LogP contribution in [-0.4, -0.2) is 12.6 Å². The normalized spacial score (nSPS) is 12.6. The maximum atomic E-state index is 5.99. The van der Waals surface area contributed by atoms with Crippen molar-refractivity contribution in [1.82, 2.24) is 0 Å². The Morgan fingerprint density at radius 1 is 1.38 bits per heavy atom. The molecule has 16 heavy (non-hydrogen) atoms. The molecule has 0 saturated heterocycles. The molecule has 0 aliphatic carbocycles. The number of hydrogen-bond acceptors (Lipinski definition) is 1. The lowest BCUT2D eigenvalue weighted by Gasteiger charge is -2.31. The third-order valence-electron chi connectivity index (χ3n) is 2.96. The van der Waals surface area contributed by atoms with Gasteiger partial charge in [-0.15, -0.1) is 11.6 Å². The van der Waals surface area contributed by atoms with E-state index in [9.17, 15) is 0 Å². The molecular formula is C13H19BrClN. The van der Waals surface area contributed by atoms with Gasteiger partial charge in [-0.1, -0.05) is 28.9 Å². The maximum Gasteiger partial charge on any atom is 0.0494 e. The monoisotopic (exact) mass is 303 g/mol. The first-order chi connectivity index (χ1) is 7.63. The van der Waals surface area contributed by atoms with E-state index >= 15 is 0 Å². The van der Waals surface area contributed by atoms with E-state index < -0.39 is 0 Å². The highest BCUT2D eigenvalue weighted by atomic mass is 79.9. The number of benzene rings is 1. The molecule has 0 saturated carbocycles. The largest absolute Gasteiger partial charge is 0.369 e. The van der Waals surface area contributed by atoms with E-state index in [0.29, 0.717) is 11.9 Å². The number of nitrogens with zero attached hydrogens (tertiary/aromatic N) is 1. The molecular weight excluding hydrogens is 286 g/mol. The van der Waals surface area contributed by atoms with Crippen molar-refractivity contribution in [3.05, 3.63) is 28.2 Å². The molecule has 1 aromatic carbocycles. The van der Waals surface area contributed by atoms with E-state index in [0.717, 1.165) is 17.4 Å². The molecule has 1 unspecified atom stereocenters. The van der Waals surface area contributed by atoms with E-state index in [-0.39, 0.29) is 0 Å². The zero-order valence-corrected chi connectivity index (χ0v) is 12.5. The van der Waals surface area contributed by atoms with Crippen molar-refractivity contribution in [3.8, 4) is 0 Å². The average Bonchev–Trinajstić information content (AvgIpc) is 2.30. The van der Waals surface area contributed by atoms with Gasteiger partial charge in [0.25, 0.3) is 0 Å². The molecule has 0 heterocycles. The van der Waals surface area contributed by atoms with Crippen LogP contribution in [0, 0.1) is 0 Å². The highest BCUT2D eigenvalue weighted by molar-refractivity contribution is 9.10. The molecule has 0 bridgehead atoms. The van der Waals surface area contributed by atoms with Crippen molar-refractivity contribution in [1.29, 1.82) is 0 Å². The van der Waals surface area contributed by atoms with Gasteiger partial charge >= 0.3 is 0 Å². The minimum absolute atomic E-state index is 0.543. The van der Waals surface area contributed by atoms with Gasteiger partial charge in [0.2, 0.25) is 0 Å². The van der Waals surface area contributed by atoms with E-state index in [1.165, 1.54) is 11.3 Å². The van der Waals surface area contributed by atoms with Gasteiger partial charge in [-0.25, -0.2) is 0 Å². The summed E-state index contributed by atoms with van der Waals surface area (Å²) in [6.45, 7) is 7.66. The summed E-state index contributed by atoms with van der Waals surface area (Å²) in [6.07, 6.45) is 1.14. The summed E-state index contributed by atoms with van der Waals surface area (Å²) in [7, 11) is 0. The standard InChI is InChI=1S/C13H19BrClN/c1-4-10(3)16(5-2)13-8-12(14)7-6-11(13)9-15/h6-8,10H,4-5,9H2,1-3H3. The number of alkyl halides is 1. The molecule has 0 fully saturated rings. The van der Waals surface area contributed by atoms with Gasteiger partial charge in [0, 0.05) is 28.6 Å². The fourth-order valence-corrected chi connectivity index (χ4v) is 2.43. The summed E-state index contributed by atoms with van der Waals surface area (Å²) in [4.78, 5) is 2.41. The predicted octanol–water partition coefficient (Wildman–Crippen LogP) is 4.81. The van der Waals surface area contributed by atoms with Gasteiger partial charge in [-0.2, -0.15) is 0 Å². The number of anilines is 1. The van der Waals surface area contributed by atoms with Crippen LogP contribution in [-0.2, 0) is 5.88 Å². The topological polar surface area (TPSA) is 3.24 Å². The van der Waals surface area contributed by atoms with Gasteiger partial charge in [0.15, 0.2) is 0 Å². The second-order valence-corrected chi connectivity index (χ2v) is 5.13. The SMILES string of the molecule is CCC(C)N(CC)c1cc(Br)ccc1CCl. The number of hydrogen-bond donors (Lipinski definition) is 0. The first-order valence-electron chi connectivity index (χ1n) is 5.75. The Morgan fingerprint density at radius 3 is 2.56 bits per heavy atom. The van der Waals surface area contributed by atoms with Crippen LogP contribution in [0.2, 0.25) is 0 Å². The van der Waals surface area contributed by atoms with E-state index in [4.69, 9.17) is 11.6 Å². The Labute approximate surface area is 112 Å². The van der Waals surface area contributed by atoms with Crippen LogP contribution in [0.3, 0.4) is 0 Å². The Bertz CT molecular complexity index is 341. The first-order valence-corrected chi connectivity index (χ1v) is 7.07. The molecule has 0 aliphatic rings. The Kier molecular flexibility index (Phi) is 5.63. The number of halogens is 2. The van der Waals surface area contributed by atoms with Crippen LogP contribution in [0.15, 0.2) is 22.7 Å². The fraction of sp³-hybridized carbons (Fsp3) is 0.538. The maximum absolute atomic E-state index is 5.99. The lowest BCUT2D eigenvalue weighted by Crippen LogP contribution is -2.33. The molecule has 0 amide bonds. The molecule has 1 rings (SSSR count). The van der Waals surface area contributed by atoms with Crippen LogP contribution < -0.4 is 4.90 Å². The third-order valence-corrected chi connectivity index (χ3v) is 3.75. The molecule has 0 N–H and O–H groups in total. The van der Waals surface area contributed by atoms with Gasteiger partial charge < -0.3 is 4.90 Å². The quantitative estimate of drug-likeness (QED) is 0.705. The Morgan fingerprint density at radius 2 is 2.06 bits per heavy atom. The summed E-state index contributed by atoms with van der Waals surface area (Å²) >= 11 is 9.52. The number of rotatable bonds is 5. The van der Waals surface area contributed by atoms with E-state index in [1.54, 1.807) is 0 Å². The highest BCUT2D eigenvalue weighted by Gasteiger charge is 2.14. The van der Waals surface area contributed by atoms with Crippen molar-refractivity contribution >= 4 is 33.2 Å². The molecule has 0 aromatic heterocycles. The van der Waals surface area contributed by atoms with Crippen LogP contribution >= 0.6 is 27.5 Å². The average molecular weight is 305 g/mol. The van der Waals surface area contributed by atoms with Crippen molar-refractivity contribution in [2.45, 2.75) is 39.1 Å². The molecule has 0 spiro atoms. The summed E-state index contributed by atoms with van der Waals surface area (Å²) in [5, 5.41) is 0. The molecule has 1 atom stereocenters. The third kappa shape index (κ3) is 3.14. The van der Waals surface area contributed by atoms with Crippen molar-refractivity contribution in [2.75, 3.05) is 11.4 Å². The van der Waals surface area contributed by atoms with Crippen LogP contribution in [0.1, 0.15) is 32.8 Å². The predicted molar refractivity (Wildman–Crippen MR) is 76.5 cm³/mol. The van der Waals surface area contributed by atoms with Crippen molar-refractivity contribution in [2.24, 2.45) is 0 Å².